The summed E-state index contributed by atoms with van der Waals surface area (Å²) in [5, 5.41) is 2.71. The van der Waals surface area contributed by atoms with Crippen molar-refractivity contribution in [1.82, 2.24) is 9.88 Å². The summed E-state index contributed by atoms with van der Waals surface area (Å²) in [6.45, 7) is 3.96. The molecule has 0 fully saturated rings. The van der Waals surface area contributed by atoms with Crippen LogP contribution in [0, 0.1) is 0 Å². The first-order valence-corrected chi connectivity index (χ1v) is 4.67. The number of carbonyl (C=O) groups excluding carboxylic acids is 2. The number of amides is 1. The van der Waals surface area contributed by atoms with Gasteiger partial charge < -0.3 is 9.88 Å². The SMILES string of the molecule is C=C(C=O)CCNC(=O)c1cccn1C. The van der Waals surface area contributed by atoms with Gasteiger partial charge in [0.15, 0.2) is 0 Å². The largest absolute Gasteiger partial charge is 0.350 e. The van der Waals surface area contributed by atoms with E-state index in [1.807, 2.05) is 0 Å². The minimum Gasteiger partial charge on any atom is -0.350 e. The maximum absolute atomic E-state index is 11.5. The van der Waals surface area contributed by atoms with Crippen molar-refractivity contribution < 1.29 is 9.59 Å². The molecule has 1 aromatic rings. The van der Waals surface area contributed by atoms with Gasteiger partial charge in [0, 0.05) is 19.8 Å². The van der Waals surface area contributed by atoms with E-state index in [2.05, 4.69) is 11.9 Å². The minimum atomic E-state index is -0.138. The van der Waals surface area contributed by atoms with Gasteiger partial charge in [0.1, 0.15) is 12.0 Å². The number of hydrogen-bond acceptors (Lipinski definition) is 2. The highest BCUT2D eigenvalue weighted by Gasteiger charge is 2.07. The van der Waals surface area contributed by atoms with Crippen LogP contribution in [0.2, 0.25) is 0 Å². The molecule has 0 aromatic carbocycles. The first-order chi connectivity index (χ1) is 7.15. The Balaban J connectivity index is 2.41. The van der Waals surface area contributed by atoms with E-state index in [9.17, 15) is 9.59 Å². The molecule has 1 amide bonds. The molecule has 0 bridgehead atoms. The Morgan fingerprint density at radius 3 is 2.93 bits per heavy atom. The van der Waals surface area contributed by atoms with Crippen LogP contribution < -0.4 is 5.32 Å². The molecule has 4 nitrogen and oxygen atoms in total. The van der Waals surface area contributed by atoms with E-state index in [1.54, 1.807) is 29.9 Å². The molecule has 0 saturated carbocycles. The van der Waals surface area contributed by atoms with Crippen LogP contribution in [-0.2, 0) is 11.8 Å². The second kappa shape index (κ2) is 5.14. The Hall–Kier alpha value is -1.84. The van der Waals surface area contributed by atoms with E-state index < -0.39 is 0 Å². The first kappa shape index (κ1) is 11.2. The molecule has 0 radical (unpaired) electrons. The van der Waals surface area contributed by atoms with Crippen LogP contribution in [0.15, 0.2) is 30.5 Å². The molecule has 0 spiro atoms. The number of aromatic nitrogens is 1. The van der Waals surface area contributed by atoms with Crippen molar-refractivity contribution in [3.63, 3.8) is 0 Å². The lowest BCUT2D eigenvalue weighted by molar-refractivity contribution is -0.105. The Kier molecular flexibility index (Phi) is 3.85. The molecular weight excluding hydrogens is 192 g/mol. The summed E-state index contributed by atoms with van der Waals surface area (Å²) >= 11 is 0. The van der Waals surface area contributed by atoms with Crippen LogP contribution in [0.4, 0.5) is 0 Å². The van der Waals surface area contributed by atoms with E-state index in [1.165, 1.54) is 0 Å². The predicted octanol–water partition coefficient (Wildman–Crippen LogP) is 0.900. The zero-order chi connectivity index (χ0) is 11.3. The van der Waals surface area contributed by atoms with Gasteiger partial charge >= 0.3 is 0 Å². The smallest absolute Gasteiger partial charge is 0.267 e. The molecule has 0 saturated heterocycles. The standard InChI is InChI=1S/C11H14N2O2/c1-9(8-14)5-6-12-11(15)10-4-3-7-13(10)2/h3-4,7-8H,1,5-6H2,2H3,(H,12,15). The summed E-state index contributed by atoms with van der Waals surface area (Å²) in [7, 11) is 1.80. The lowest BCUT2D eigenvalue weighted by Gasteiger charge is -2.05. The average molecular weight is 206 g/mol. The van der Waals surface area contributed by atoms with Crippen molar-refractivity contribution in [2.75, 3.05) is 6.54 Å². The highest BCUT2D eigenvalue weighted by Crippen LogP contribution is 1.99. The van der Waals surface area contributed by atoms with Crippen molar-refractivity contribution in [2.24, 2.45) is 7.05 Å². The Morgan fingerprint density at radius 2 is 2.40 bits per heavy atom. The number of hydrogen-bond donors (Lipinski definition) is 1. The van der Waals surface area contributed by atoms with Crippen molar-refractivity contribution in [1.29, 1.82) is 0 Å². The summed E-state index contributed by atoms with van der Waals surface area (Å²) in [5.41, 5.74) is 1.09. The summed E-state index contributed by atoms with van der Waals surface area (Å²) in [6, 6.07) is 3.54. The maximum atomic E-state index is 11.5. The third-order valence-corrected chi connectivity index (χ3v) is 2.07. The fourth-order valence-electron chi connectivity index (χ4n) is 1.18. The lowest BCUT2D eigenvalue weighted by Crippen LogP contribution is -2.26. The highest BCUT2D eigenvalue weighted by atomic mass is 16.2. The molecule has 0 aliphatic carbocycles. The fourth-order valence-corrected chi connectivity index (χ4v) is 1.18. The lowest BCUT2D eigenvalue weighted by atomic mass is 10.2. The van der Waals surface area contributed by atoms with Gasteiger partial charge in [-0.05, 0) is 24.1 Å². The zero-order valence-corrected chi connectivity index (χ0v) is 8.69. The summed E-state index contributed by atoms with van der Waals surface area (Å²) in [6.07, 6.45) is 2.99. The van der Waals surface area contributed by atoms with Gasteiger partial charge in [-0.3, -0.25) is 9.59 Å². The molecule has 1 N–H and O–H groups in total. The number of nitrogens with zero attached hydrogens (tertiary/aromatic N) is 1. The second-order valence-corrected chi connectivity index (χ2v) is 3.29. The molecule has 1 rings (SSSR count). The van der Waals surface area contributed by atoms with Crippen LogP contribution in [0.5, 0.6) is 0 Å². The molecule has 1 heterocycles. The van der Waals surface area contributed by atoms with E-state index in [4.69, 9.17) is 0 Å². The quantitative estimate of drug-likeness (QED) is 0.575. The number of aldehydes is 1. The van der Waals surface area contributed by atoms with Crippen LogP contribution >= 0.6 is 0 Å². The Labute approximate surface area is 88.6 Å². The molecule has 0 unspecified atom stereocenters. The van der Waals surface area contributed by atoms with Gasteiger partial charge in [-0.15, -0.1) is 0 Å². The van der Waals surface area contributed by atoms with Crippen molar-refractivity contribution in [3.05, 3.63) is 36.2 Å². The molecule has 0 aliphatic heterocycles. The molecule has 1 aromatic heterocycles. The number of nitrogens with one attached hydrogen (secondary N) is 1. The monoisotopic (exact) mass is 206 g/mol. The fraction of sp³-hybridized carbons (Fsp3) is 0.273. The van der Waals surface area contributed by atoms with E-state index in [0.29, 0.717) is 30.5 Å². The van der Waals surface area contributed by atoms with Gasteiger partial charge in [0.25, 0.3) is 5.91 Å². The van der Waals surface area contributed by atoms with Gasteiger partial charge in [-0.1, -0.05) is 6.58 Å². The van der Waals surface area contributed by atoms with Gasteiger partial charge in [0.2, 0.25) is 0 Å². The summed E-state index contributed by atoms with van der Waals surface area (Å²) in [4.78, 5) is 21.8. The van der Waals surface area contributed by atoms with Crippen molar-refractivity contribution in [2.45, 2.75) is 6.42 Å². The van der Waals surface area contributed by atoms with Crippen LogP contribution in [0.25, 0.3) is 0 Å². The van der Waals surface area contributed by atoms with Crippen LogP contribution in [-0.4, -0.2) is 23.3 Å². The number of aryl methyl sites for hydroxylation is 1. The molecular formula is C11H14N2O2. The second-order valence-electron chi connectivity index (χ2n) is 3.29. The maximum Gasteiger partial charge on any atom is 0.267 e. The Morgan fingerprint density at radius 1 is 1.67 bits per heavy atom. The third kappa shape index (κ3) is 3.09. The van der Waals surface area contributed by atoms with Crippen molar-refractivity contribution >= 4 is 12.2 Å². The topological polar surface area (TPSA) is 51.1 Å². The van der Waals surface area contributed by atoms with Crippen LogP contribution in [0.1, 0.15) is 16.9 Å². The number of carbonyl (C=O) groups is 2. The van der Waals surface area contributed by atoms with E-state index >= 15 is 0 Å². The van der Waals surface area contributed by atoms with Gasteiger partial charge in [-0.2, -0.15) is 0 Å². The van der Waals surface area contributed by atoms with Gasteiger partial charge in [0.05, 0.1) is 0 Å². The van der Waals surface area contributed by atoms with E-state index in [-0.39, 0.29) is 5.91 Å². The third-order valence-electron chi connectivity index (χ3n) is 2.07. The van der Waals surface area contributed by atoms with Crippen molar-refractivity contribution in [3.8, 4) is 0 Å². The average Bonchev–Trinajstić information content (AvgIpc) is 2.64. The van der Waals surface area contributed by atoms with E-state index in [0.717, 1.165) is 0 Å². The first-order valence-electron chi connectivity index (χ1n) is 4.67. The molecule has 15 heavy (non-hydrogen) atoms. The molecule has 4 heteroatoms. The molecule has 0 atom stereocenters. The van der Waals surface area contributed by atoms with Crippen LogP contribution in [0.3, 0.4) is 0 Å². The Bertz CT molecular complexity index is 380. The normalized spacial score (nSPS) is 9.67. The number of rotatable bonds is 5. The predicted molar refractivity (Wildman–Crippen MR) is 57.6 cm³/mol. The minimum absolute atomic E-state index is 0.138. The summed E-state index contributed by atoms with van der Waals surface area (Å²) < 4.78 is 1.74. The summed E-state index contributed by atoms with van der Waals surface area (Å²) in [5.74, 6) is -0.138. The highest BCUT2D eigenvalue weighted by molar-refractivity contribution is 5.92. The molecule has 0 aliphatic rings. The molecule has 80 valence electrons. The van der Waals surface area contributed by atoms with Gasteiger partial charge in [-0.25, -0.2) is 0 Å². The zero-order valence-electron chi connectivity index (χ0n) is 8.69.